The largest absolute Gasteiger partial charge is 0.506 e. The highest BCUT2D eigenvalue weighted by atomic mass is 127. The first-order valence-electron chi connectivity index (χ1n) is 4.52. The monoisotopic (exact) mass is 443 g/mol. The summed E-state index contributed by atoms with van der Waals surface area (Å²) in [4.78, 5) is 11.8. The predicted molar refractivity (Wildman–Crippen MR) is 80.7 cm³/mol. The highest BCUT2D eigenvalue weighted by Crippen LogP contribution is 2.26. The molecule has 1 aromatic rings. The molecule has 1 aromatic carbocycles. The Morgan fingerprint density at radius 3 is 2.69 bits per heavy atom. The highest BCUT2D eigenvalue weighted by Gasteiger charge is 2.14. The van der Waals surface area contributed by atoms with Gasteiger partial charge in [0.1, 0.15) is 5.75 Å². The predicted octanol–water partition coefficient (Wildman–Crippen LogP) is 2.91. The van der Waals surface area contributed by atoms with Gasteiger partial charge in [0.25, 0.3) is 5.91 Å². The fourth-order valence-corrected chi connectivity index (χ4v) is 2.91. The van der Waals surface area contributed by atoms with Crippen molar-refractivity contribution in [2.24, 2.45) is 0 Å². The van der Waals surface area contributed by atoms with Gasteiger partial charge in [0.05, 0.1) is 9.13 Å². The van der Waals surface area contributed by atoms with Crippen LogP contribution < -0.4 is 5.32 Å². The second-order valence-electron chi connectivity index (χ2n) is 3.42. The Bertz CT molecular complexity index is 444. The van der Waals surface area contributed by atoms with E-state index in [1.165, 1.54) is 0 Å². The van der Waals surface area contributed by atoms with Crippen LogP contribution in [0, 0.1) is 7.14 Å². The smallest absolute Gasteiger partial charge is 0.255 e. The van der Waals surface area contributed by atoms with Crippen LogP contribution in [0.25, 0.3) is 0 Å². The molecule has 16 heavy (non-hydrogen) atoms. The standard InChI is InChI=1S/C11H11I2NO2/c1-6(2)5-14-11(16)8-3-7(12)4-9(13)10(8)15/h3-4,15H,1,5H2,2H3,(H,14,16). The molecule has 0 aliphatic heterocycles. The molecule has 0 saturated heterocycles. The van der Waals surface area contributed by atoms with E-state index in [9.17, 15) is 9.90 Å². The maximum absolute atomic E-state index is 11.8. The lowest BCUT2D eigenvalue weighted by Crippen LogP contribution is -2.25. The molecule has 1 rings (SSSR count). The summed E-state index contributed by atoms with van der Waals surface area (Å²) in [6, 6.07) is 3.47. The van der Waals surface area contributed by atoms with Gasteiger partial charge in [0.15, 0.2) is 0 Å². The number of benzene rings is 1. The van der Waals surface area contributed by atoms with Crippen molar-refractivity contribution in [3.63, 3.8) is 0 Å². The van der Waals surface area contributed by atoms with Crippen molar-refractivity contribution in [2.75, 3.05) is 6.54 Å². The molecule has 0 unspecified atom stereocenters. The number of halogens is 2. The minimum Gasteiger partial charge on any atom is -0.506 e. The summed E-state index contributed by atoms with van der Waals surface area (Å²) in [5, 5.41) is 12.5. The lowest BCUT2D eigenvalue weighted by molar-refractivity contribution is 0.0954. The maximum Gasteiger partial charge on any atom is 0.255 e. The number of carbonyl (C=O) groups is 1. The van der Waals surface area contributed by atoms with Gasteiger partial charge in [-0.15, -0.1) is 0 Å². The van der Waals surface area contributed by atoms with Gasteiger partial charge < -0.3 is 10.4 Å². The molecule has 0 bridgehead atoms. The molecule has 0 aliphatic carbocycles. The molecular weight excluding hydrogens is 432 g/mol. The van der Waals surface area contributed by atoms with Crippen LogP contribution in [0.3, 0.4) is 0 Å². The SMILES string of the molecule is C=C(C)CNC(=O)c1cc(I)cc(I)c1O. The van der Waals surface area contributed by atoms with Gasteiger partial charge in [-0.25, -0.2) is 0 Å². The minimum atomic E-state index is -0.281. The molecule has 86 valence electrons. The van der Waals surface area contributed by atoms with Gasteiger partial charge in [-0.2, -0.15) is 0 Å². The van der Waals surface area contributed by atoms with E-state index in [1.807, 2.05) is 35.6 Å². The van der Waals surface area contributed by atoms with Crippen LogP contribution >= 0.6 is 45.2 Å². The van der Waals surface area contributed by atoms with E-state index in [0.717, 1.165) is 9.14 Å². The first-order chi connectivity index (χ1) is 7.41. The molecule has 0 fully saturated rings. The van der Waals surface area contributed by atoms with Crippen LogP contribution in [0.1, 0.15) is 17.3 Å². The van der Waals surface area contributed by atoms with E-state index in [1.54, 1.807) is 6.07 Å². The molecule has 0 saturated carbocycles. The summed E-state index contributed by atoms with van der Waals surface area (Å²) in [7, 11) is 0. The average molecular weight is 443 g/mol. The van der Waals surface area contributed by atoms with Gasteiger partial charge in [0.2, 0.25) is 0 Å². The summed E-state index contributed by atoms with van der Waals surface area (Å²) < 4.78 is 1.59. The van der Waals surface area contributed by atoms with Gasteiger partial charge in [0, 0.05) is 10.1 Å². The van der Waals surface area contributed by atoms with Gasteiger partial charge in [-0.05, 0) is 64.2 Å². The summed E-state index contributed by atoms with van der Waals surface area (Å²) in [6.45, 7) is 5.95. The first-order valence-corrected chi connectivity index (χ1v) is 6.68. The fourth-order valence-electron chi connectivity index (χ4n) is 1.07. The Hall–Kier alpha value is -0.310. The van der Waals surface area contributed by atoms with Crippen LogP contribution in [-0.2, 0) is 0 Å². The van der Waals surface area contributed by atoms with Crippen LogP contribution in [0.4, 0.5) is 0 Å². The number of phenolic OH excluding ortho intramolecular Hbond substituents is 1. The van der Waals surface area contributed by atoms with Crippen LogP contribution in [0.15, 0.2) is 24.3 Å². The van der Waals surface area contributed by atoms with E-state index in [-0.39, 0.29) is 11.7 Å². The number of rotatable bonds is 3. The third-order valence-electron chi connectivity index (χ3n) is 1.82. The molecule has 5 heteroatoms. The average Bonchev–Trinajstić information content (AvgIpc) is 2.19. The maximum atomic E-state index is 11.8. The molecular formula is C11H11I2NO2. The summed E-state index contributed by atoms with van der Waals surface area (Å²) in [6.07, 6.45) is 0. The number of carbonyl (C=O) groups excluding carboxylic acids is 1. The van der Waals surface area contributed by atoms with Crippen molar-refractivity contribution in [1.82, 2.24) is 5.32 Å². The summed E-state index contributed by atoms with van der Waals surface area (Å²) in [5.74, 6) is -0.253. The molecule has 0 spiro atoms. The van der Waals surface area contributed by atoms with Crippen molar-refractivity contribution in [3.8, 4) is 5.75 Å². The molecule has 0 heterocycles. The Balaban J connectivity index is 2.95. The zero-order chi connectivity index (χ0) is 12.3. The highest BCUT2D eigenvalue weighted by molar-refractivity contribution is 14.1. The van der Waals surface area contributed by atoms with E-state index in [4.69, 9.17) is 0 Å². The summed E-state index contributed by atoms with van der Waals surface area (Å²) >= 11 is 4.11. The molecule has 0 atom stereocenters. The number of aromatic hydroxyl groups is 1. The van der Waals surface area contributed by atoms with Crippen molar-refractivity contribution in [2.45, 2.75) is 6.92 Å². The Morgan fingerprint density at radius 1 is 1.50 bits per heavy atom. The van der Waals surface area contributed by atoms with Crippen molar-refractivity contribution in [1.29, 1.82) is 0 Å². The van der Waals surface area contributed by atoms with Crippen LogP contribution in [-0.4, -0.2) is 17.6 Å². The zero-order valence-electron chi connectivity index (χ0n) is 8.68. The number of phenols is 1. The molecule has 1 amide bonds. The zero-order valence-corrected chi connectivity index (χ0v) is 13.0. The van der Waals surface area contributed by atoms with Crippen LogP contribution in [0.2, 0.25) is 0 Å². The molecule has 0 aromatic heterocycles. The van der Waals surface area contributed by atoms with Gasteiger partial charge in [-0.1, -0.05) is 12.2 Å². The topological polar surface area (TPSA) is 49.3 Å². The summed E-state index contributed by atoms with van der Waals surface area (Å²) in [5.41, 5.74) is 1.17. The molecule has 2 N–H and O–H groups in total. The Kier molecular flexibility index (Phi) is 5.03. The van der Waals surface area contributed by atoms with Crippen LogP contribution in [0.5, 0.6) is 5.75 Å². The number of amides is 1. The Morgan fingerprint density at radius 2 is 2.12 bits per heavy atom. The minimum absolute atomic E-state index is 0.0280. The van der Waals surface area contributed by atoms with Gasteiger partial charge >= 0.3 is 0 Å². The van der Waals surface area contributed by atoms with E-state index in [0.29, 0.717) is 15.7 Å². The lowest BCUT2D eigenvalue weighted by Gasteiger charge is -2.08. The number of hydrogen-bond acceptors (Lipinski definition) is 2. The molecule has 3 nitrogen and oxygen atoms in total. The van der Waals surface area contributed by atoms with Crippen molar-refractivity contribution in [3.05, 3.63) is 37.0 Å². The van der Waals surface area contributed by atoms with E-state index >= 15 is 0 Å². The number of nitrogens with one attached hydrogen (secondary N) is 1. The normalized spacial score (nSPS) is 9.94. The lowest BCUT2D eigenvalue weighted by atomic mass is 10.2. The van der Waals surface area contributed by atoms with Crippen molar-refractivity contribution < 1.29 is 9.90 Å². The van der Waals surface area contributed by atoms with Crippen molar-refractivity contribution >= 4 is 51.1 Å². The third-order valence-corrected chi connectivity index (χ3v) is 3.27. The molecule has 0 radical (unpaired) electrons. The second-order valence-corrected chi connectivity index (χ2v) is 5.83. The van der Waals surface area contributed by atoms with E-state index < -0.39 is 0 Å². The fraction of sp³-hybridized carbons (Fsp3) is 0.182. The molecule has 0 aliphatic rings. The second kappa shape index (κ2) is 5.85. The quantitative estimate of drug-likeness (QED) is 0.558. The number of hydrogen-bond donors (Lipinski definition) is 2. The third kappa shape index (κ3) is 3.62. The van der Waals surface area contributed by atoms with Gasteiger partial charge in [-0.3, -0.25) is 4.79 Å². The Labute approximate surface area is 122 Å². The first kappa shape index (κ1) is 13.8. The van der Waals surface area contributed by atoms with E-state index in [2.05, 4.69) is 34.5 Å².